The molecule has 0 bridgehead atoms. The van der Waals surface area contributed by atoms with Crippen LogP contribution in [0.3, 0.4) is 0 Å². The minimum absolute atomic E-state index is 0.121. The van der Waals surface area contributed by atoms with Crippen LogP contribution in [-0.4, -0.2) is 17.1 Å². The number of alkyl halides is 3. The van der Waals surface area contributed by atoms with Crippen LogP contribution in [0.25, 0.3) is 22.4 Å². The summed E-state index contributed by atoms with van der Waals surface area (Å²) >= 11 is 0. The molecular formula is C16H13F3N2O2. The highest BCUT2D eigenvalue weighted by Crippen LogP contribution is 2.36. The van der Waals surface area contributed by atoms with Crippen molar-refractivity contribution in [2.45, 2.75) is 19.5 Å². The van der Waals surface area contributed by atoms with Crippen molar-refractivity contribution < 1.29 is 22.3 Å². The Bertz CT molecular complexity index is 856. The molecule has 3 aromatic rings. The molecule has 1 aromatic carbocycles. The molecule has 3 rings (SSSR count). The first kappa shape index (κ1) is 15.3. The van der Waals surface area contributed by atoms with Crippen LogP contribution in [-0.2, 0) is 12.6 Å². The first-order valence-electron chi connectivity index (χ1n) is 6.93. The third-order valence-electron chi connectivity index (χ3n) is 3.47. The van der Waals surface area contributed by atoms with Gasteiger partial charge in [0.2, 0.25) is 5.89 Å². The zero-order valence-electron chi connectivity index (χ0n) is 12.4. The maximum absolute atomic E-state index is 12.9. The second kappa shape index (κ2) is 5.57. The summed E-state index contributed by atoms with van der Waals surface area (Å²) in [4.78, 5) is 8.03. The molecule has 2 heterocycles. The number of aryl methyl sites for hydroxylation is 1. The largest absolute Gasteiger partial charge is 0.494 e. The minimum atomic E-state index is -4.52. The molecule has 23 heavy (non-hydrogen) atoms. The van der Waals surface area contributed by atoms with Crippen LogP contribution in [0, 0.1) is 0 Å². The number of aromatic nitrogens is 2. The molecule has 0 N–H and O–H groups in total. The van der Waals surface area contributed by atoms with Crippen LogP contribution in [0.15, 0.2) is 34.9 Å². The van der Waals surface area contributed by atoms with Gasteiger partial charge in [-0.1, -0.05) is 6.92 Å². The molecule has 0 spiro atoms. The fraction of sp³-hybridized carbons (Fsp3) is 0.250. The molecule has 0 aliphatic rings. The highest BCUT2D eigenvalue weighted by Gasteiger charge is 2.33. The smallest absolute Gasteiger partial charge is 0.433 e. The Labute approximate surface area is 129 Å². The molecule has 0 unspecified atom stereocenters. The van der Waals surface area contributed by atoms with Crippen molar-refractivity contribution in [1.82, 2.24) is 9.97 Å². The summed E-state index contributed by atoms with van der Waals surface area (Å²) in [6.45, 7) is 1.94. The number of oxazole rings is 1. The normalized spacial score (nSPS) is 11.9. The summed E-state index contributed by atoms with van der Waals surface area (Å²) in [5.74, 6) is 0.605. The number of fused-ring (bicyclic) bond motifs is 1. The van der Waals surface area contributed by atoms with Gasteiger partial charge in [-0.05, 0) is 30.7 Å². The van der Waals surface area contributed by atoms with Gasteiger partial charge in [0.15, 0.2) is 0 Å². The Balaban J connectivity index is 2.24. The van der Waals surface area contributed by atoms with E-state index in [4.69, 9.17) is 9.15 Å². The van der Waals surface area contributed by atoms with Crippen LogP contribution in [0.1, 0.15) is 18.3 Å². The third-order valence-corrected chi connectivity index (χ3v) is 3.47. The molecule has 120 valence electrons. The molecule has 0 saturated heterocycles. The fourth-order valence-electron chi connectivity index (χ4n) is 2.29. The van der Waals surface area contributed by atoms with Crippen molar-refractivity contribution in [2.75, 3.05) is 7.11 Å². The maximum Gasteiger partial charge on any atom is 0.433 e. The number of methoxy groups -OCH3 is 1. The zero-order chi connectivity index (χ0) is 16.6. The molecule has 0 fully saturated rings. The van der Waals surface area contributed by atoms with E-state index in [2.05, 4.69) is 9.97 Å². The van der Waals surface area contributed by atoms with Crippen LogP contribution in [0.2, 0.25) is 0 Å². The zero-order valence-corrected chi connectivity index (χ0v) is 12.4. The van der Waals surface area contributed by atoms with E-state index in [0.29, 0.717) is 23.3 Å². The Morgan fingerprint density at radius 1 is 1.13 bits per heavy atom. The van der Waals surface area contributed by atoms with E-state index in [1.54, 1.807) is 12.1 Å². The van der Waals surface area contributed by atoms with Gasteiger partial charge in [0.05, 0.1) is 12.8 Å². The summed E-state index contributed by atoms with van der Waals surface area (Å²) in [5, 5.41) is 0.488. The molecule has 0 atom stereocenters. The van der Waals surface area contributed by atoms with E-state index >= 15 is 0 Å². The molecule has 0 aliphatic carbocycles. The molecule has 0 amide bonds. The number of nitrogens with zero attached hydrogens (tertiary/aromatic N) is 2. The molecule has 0 aliphatic heterocycles. The summed E-state index contributed by atoms with van der Waals surface area (Å²) in [5.41, 5.74) is 0.490. The third kappa shape index (κ3) is 2.74. The van der Waals surface area contributed by atoms with Gasteiger partial charge in [-0.3, -0.25) is 0 Å². The van der Waals surface area contributed by atoms with Crippen molar-refractivity contribution in [1.29, 1.82) is 0 Å². The SMILES string of the molecule is CCc1coc(-c2ccc(OC)c3nc(C(F)(F)F)ccc23)n1. The first-order chi connectivity index (χ1) is 10.9. The van der Waals surface area contributed by atoms with Gasteiger partial charge in [-0.2, -0.15) is 13.2 Å². The average molecular weight is 322 g/mol. The van der Waals surface area contributed by atoms with Gasteiger partial charge in [0.1, 0.15) is 23.2 Å². The van der Waals surface area contributed by atoms with Crippen molar-refractivity contribution in [3.8, 4) is 17.2 Å². The standard InChI is InChI=1S/C16H13F3N2O2/c1-3-9-8-23-15(20-9)11-4-6-12(22-2)14-10(11)5-7-13(21-14)16(17,18)19/h4-8H,3H2,1-2H3. The Hall–Kier alpha value is -2.57. The van der Waals surface area contributed by atoms with Crippen LogP contribution in [0.4, 0.5) is 13.2 Å². The van der Waals surface area contributed by atoms with Crippen molar-refractivity contribution >= 4 is 10.9 Å². The molecular weight excluding hydrogens is 309 g/mol. The number of benzene rings is 1. The Kier molecular flexibility index (Phi) is 3.71. The topological polar surface area (TPSA) is 48.2 Å². The van der Waals surface area contributed by atoms with Crippen LogP contribution >= 0.6 is 0 Å². The molecule has 2 aromatic heterocycles. The lowest BCUT2D eigenvalue weighted by atomic mass is 10.1. The minimum Gasteiger partial charge on any atom is -0.494 e. The van der Waals surface area contributed by atoms with Crippen LogP contribution < -0.4 is 4.74 Å². The van der Waals surface area contributed by atoms with Crippen molar-refractivity contribution in [3.63, 3.8) is 0 Å². The van der Waals surface area contributed by atoms with Gasteiger partial charge in [0.25, 0.3) is 0 Å². The Morgan fingerprint density at radius 2 is 1.91 bits per heavy atom. The molecule has 4 nitrogen and oxygen atoms in total. The molecule has 7 heteroatoms. The van der Waals surface area contributed by atoms with Gasteiger partial charge in [-0.25, -0.2) is 9.97 Å². The number of hydrogen-bond donors (Lipinski definition) is 0. The van der Waals surface area contributed by atoms with Crippen LogP contribution in [0.5, 0.6) is 5.75 Å². The van der Waals surface area contributed by atoms with Gasteiger partial charge in [-0.15, -0.1) is 0 Å². The fourth-order valence-corrected chi connectivity index (χ4v) is 2.29. The highest BCUT2D eigenvalue weighted by molar-refractivity contribution is 5.96. The molecule has 0 saturated carbocycles. The van der Waals surface area contributed by atoms with E-state index in [-0.39, 0.29) is 11.3 Å². The Morgan fingerprint density at radius 3 is 2.52 bits per heavy atom. The van der Waals surface area contributed by atoms with Crippen molar-refractivity contribution in [2.24, 2.45) is 0 Å². The van der Waals surface area contributed by atoms with E-state index < -0.39 is 11.9 Å². The number of pyridine rings is 1. The average Bonchev–Trinajstić information content (AvgIpc) is 3.01. The lowest BCUT2D eigenvalue weighted by molar-refractivity contribution is -0.140. The summed E-state index contributed by atoms with van der Waals surface area (Å²) in [6.07, 6.45) is -2.29. The predicted octanol–water partition coefficient (Wildman–Crippen LogP) is 4.48. The maximum atomic E-state index is 12.9. The summed E-state index contributed by atoms with van der Waals surface area (Å²) in [6, 6.07) is 5.55. The van der Waals surface area contributed by atoms with E-state index in [1.807, 2.05) is 6.92 Å². The highest BCUT2D eigenvalue weighted by atomic mass is 19.4. The lowest BCUT2D eigenvalue weighted by Crippen LogP contribution is -2.08. The van der Waals surface area contributed by atoms with Gasteiger partial charge >= 0.3 is 6.18 Å². The molecule has 0 radical (unpaired) electrons. The van der Waals surface area contributed by atoms with E-state index in [1.165, 1.54) is 19.4 Å². The monoisotopic (exact) mass is 322 g/mol. The lowest BCUT2D eigenvalue weighted by Gasteiger charge is -2.11. The summed E-state index contributed by atoms with van der Waals surface area (Å²) < 4.78 is 49.2. The van der Waals surface area contributed by atoms with E-state index in [9.17, 15) is 13.2 Å². The summed E-state index contributed by atoms with van der Waals surface area (Å²) in [7, 11) is 1.39. The quantitative estimate of drug-likeness (QED) is 0.713. The van der Waals surface area contributed by atoms with E-state index in [0.717, 1.165) is 11.8 Å². The van der Waals surface area contributed by atoms with Crippen molar-refractivity contribution in [3.05, 3.63) is 41.9 Å². The second-order valence-corrected chi connectivity index (χ2v) is 4.90. The van der Waals surface area contributed by atoms with Gasteiger partial charge < -0.3 is 9.15 Å². The predicted molar refractivity (Wildman–Crippen MR) is 78.2 cm³/mol. The number of hydrogen-bond acceptors (Lipinski definition) is 4. The second-order valence-electron chi connectivity index (χ2n) is 4.90. The number of rotatable bonds is 3. The van der Waals surface area contributed by atoms with Gasteiger partial charge in [0, 0.05) is 10.9 Å². The number of ether oxygens (including phenoxy) is 1. The number of halogens is 3. The first-order valence-corrected chi connectivity index (χ1v) is 6.93.